The summed E-state index contributed by atoms with van der Waals surface area (Å²) in [4.78, 5) is 78.6. The first-order valence-electron chi connectivity index (χ1n) is 18.3. The topological polar surface area (TPSA) is 173 Å². The van der Waals surface area contributed by atoms with Crippen LogP contribution in [0.2, 0.25) is 5.02 Å². The van der Waals surface area contributed by atoms with Crippen molar-refractivity contribution in [2.24, 2.45) is 17.8 Å². The van der Waals surface area contributed by atoms with E-state index in [2.05, 4.69) is 33.1 Å². The van der Waals surface area contributed by atoms with E-state index in [0.29, 0.717) is 22.6 Å². The lowest BCUT2D eigenvalue weighted by Crippen LogP contribution is -2.49. The van der Waals surface area contributed by atoms with E-state index in [9.17, 15) is 28.8 Å². The van der Waals surface area contributed by atoms with Gasteiger partial charge in [0.05, 0.1) is 35.4 Å². The third kappa shape index (κ3) is 14.5. The van der Waals surface area contributed by atoms with Crippen molar-refractivity contribution >= 4 is 63.5 Å². The van der Waals surface area contributed by atoms with E-state index in [1.807, 2.05) is 44.2 Å². The monoisotopic (exact) mass is 860 g/mol. The summed E-state index contributed by atoms with van der Waals surface area (Å²) in [5, 5.41) is 5.65. The highest BCUT2D eigenvalue weighted by Gasteiger charge is 2.38. The molecule has 1 heterocycles. The maximum atomic E-state index is 13.9. The van der Waals surface area contributed by atoms with Crippen LogP contribution < -0.4 is 15.4 Å². The molecule has 0 saturated heterocycles. The Bertz CT molecular complexity index is 1690. The van der Waals surface area contributed by atoms with Gasteiger partial charge in [0.25, 0.3) is 0 Å². The van der Waals surface area contributed by atoms with Gasteiger partial charge in [-0.15, -0.1) is 0 Å². The quantitative estimate of drug-likeness (QED) is 0.0727. The number of carbonyl (C=O) groups excluding carboxylic acids is 6. The van der Waals surface area contributed by atoms with Crippen molar-refractivity contribution in [3.63, 3.8) is 0 Å². The molecule has 0 unspecified atom stereocenters. The van der Waals surface area contributed by atoms with Crippen LogP contribution in [0, 0.1) is 17.8 Å². The van der Waals surface area contributed by atoms with Crippen LogP contribution in [0.25, 0.3) is 0 Å². The molecule has 0 bridgehead atoms. The molecule has 56 heavy (non-hydrogen) atoms. The summed E-state index contributed by atoms with van der Waals surface area (Å²) in [5.74, 6) is -5.46. The standard InChI is InChI=1S/C41H50BrClN2O11/c1-6-18-53-36(48)23-29-24-44-39(49)31(22-27-15-16-33(52-5)30(43)21-27)45-35(47)14-10-13-32(55-41(51)34(20-25(2)3)56-40(29)50)26(4)38(54-19-17-46)37(42)28-11-8-7-9-12-28/h6-12,14-17,21,25-26,29,31-32,34,37-38H,1,13,18-20,22-24H2,2-5H3,(H,44,49)(H,45,47)/b14-10+/t26-,29-,31+,32-,34-,37-,38+/m0/s1. The molecule has 0 spiro atoms. The van der Waals surface area contributed by atoms with Crippen LogP contribution in [0.3, 0.4) is 0 Å². The van der Waals surface area contributed by atoms with Crippen LogP contribution in [0.1, 0.15) is 56.0 Å². The third-order valence-corrected chi connectivity index (χ3v) is 10.2. The number of esters is 3. The van der Waals surface area contributed by atoms with Crippen molar-refractivity contribution in [3.05, 3.63) is 89.5 Å². The smallest absolute Gasteiger partial charge is 0.347 e. The van der Waals surface area contributed by atoms with Gasteiger partial charge >= 0.3 is 17.9 Å². The molecule has 3 rings (SSSR count). The van der Waals surface area contributed by atoms with Crippen molar-refractivity contribution in [2.75, 3.05) is 26.9 Å². The summed E-state index contributed by atoms with van der Waals surface area (Å²) in [6, 6.07) is 13.1. The normalized spacial score (nSPS) is 22.0. The molecule has 2 aromatic carbocycles. The van der Waals surface area contributed by atoms with Crippen LogP contribution in [0.5, 0.6) is 5.75 Å². The van der Waals surface area contributed by atoms with Crippen molar-refractivity contribution in [3.8, 4) is 5.75 Å². The van der Waals surface area contributed by atoms with E-state index >= 15 is 0 Å². The van der Waals surface area contributed by atoms with Crippen molar-refractivity contribution < 1.29 is 52.5 Å². The Hall–Kier alpha value is -4.53. The molecule has 7 atom stereocenters. The molecule has 13 nitrogen and oxygen atoms in total. The van der Waals surface area contributed by atoms with Gasteiger partial charge in [-0.25, -0.2) is 4.79 Å². The number of methoxy groups -OCH3 is 1. The Labute approximate surface area is 340 Å². The largest absolute Gasteiger partial charge is 0.495 e. The lowest BCUT2D eigenvalue weighted by molar-refractivity contribution is -0.179. The Kier molecular flexibility index (Phi) is 19.3. The van der Waals surface area contributed by atoms with E-state index in [-0.39, 0.29) is 38.4 Å². The van der Waals surface area contributed by atoms with E-state index in [4.69, 9.17) is 35.3 Å². The van der Waals surface area contributed by atoms with Gasteiger partial charge in [-0.3, -0.25) is 19.2 Å². The fourth-order valence-electron chi connectivity index (χ4n) is 5.95. The average Bonchev–Trinajstić information content (AvgIpc) is 3.17. The molecule has 1 aliphatic rings. The molecule has 2 aromatic rings. The number of halogens is 2. The maximum absolute atomic E-state index is 13.9. The van der Waals surface area contributed by atoms with Crippen LogP contribution in [-0.4, -0.2) is 87.2 Å². The van der Waals surface area contributed by atoms with Gasteiger partial charge in [-0.05, 0) is 41.7 Å². The average molecular weight is 862 g/mol. The fraction of sp³-hybridized carbons (Fsp3) is 0.463. The SMILES string of the molecule is C=CCOC(=O)C[C@H]1CNC(=O)[C@@H](Cc2ccc(OC)c(Cl)c2)NC(=O)/C=C/C[C@@H]([C@H](C)[C@@H](OCC=O)[C@@H](Br)c2ccccc2)OC(=O)[C@H](CC(C)C)OC1=O. The summed E-state index contributed by atoms with van der Waals surface area (Å²) < 4.78 is 28.2. The van der Waals surface area contributed by atoms with Crippen molar-refractivity contribution in [2.45, 2.75) is 75.6 Å². The molecule has 1 aliphatic heterocycles. The van der Waals surface area contributed by atoms with Gasteiger partial charge < -0.3 is 39.1 Å². The molecule has 2 N–H and O–H groups in total. The number of rotatable bonds is 16. The number of ether oxygens (including phenoxy) is 5. The number of hydrogen-bond donors (Lipinski definition) is 2. The maximum Gasteiger partial charge on any atom is 0.347 e. The number of aldehydes is 1. The van der Waals surface area contributed by atoms with Gasteiger partial charge in [0.1, 0.15) is 37.4 Å². The first-order valence-corrected chi connectivity index (χ1v) is 19.6. The van der Waals surface area contributed by atoms with E-state index < -0.39 is 83.7 Å². The van der Waals surface area contributed by atoms with Crippen molar-refractivity contribution in [1.29, 1.82) is 0 Å². The Morgan fingerprint density at radius 1 is 1.05 bits per heavy atom. The number of hydrogen-bond acceptors (Lipinski definition) is 11. The molecule has 0 fully saturated rings. The zero-order chi connectivity index (χ0) is 41.2. The highest BCUT2D eigenvalue weighted by atomic mass is 79.9. The summed E-state index contributed by atoms with van der Waals surface area (Å²) in [6.45, 7) is 8.23. The summed E-state index contributed by atoms with van der Waals surface area (Å²) >= 11 is 10.1. The lowest BCUT2D eigenvalue weighted by atomic mass is 9.90. The predicted octanol–water partition coefficient (Wildman–Crippen LogP) is 5.41. The first-order chi connectivity index (χ1) is 26.8. The van der Waals surface area contributed by atoms with Gasteiger partial charge in [0.2, 0.25) is 11.8 Å². The molecule has 0 aromatic heterocycles. The predicted molar refractivity (Wildman–Crippen MR) is 212 cm³/mol. The highest BCUT2D eigenvalue weighted by molar-refractivity contribution is 9.09. The van der Waals surface area contributed by atoms with E-state index in [1.54, 1.807) is 25.1 Å². The minimum atomic E-state index is -1.39. The minimum Gasteiger partial charge on any atom is -0.495 e. The van der Waals surface area contributed by atoms with Gasteiger partial charge in [-0.2, -0.15) is 0 Å². The van der Waals surface area contributed by atoms with E-state index in [0.717, 1.165) is 5.56 Å². The summed E-state index contributed by atoms with van der Waals surface area (Å²) in [6.07, 6.45) is 1.24. The second-order valence-corrected chi connectivity index (χ2v) is 15.1. The van der Waals surface area contributed by atoms with Crippen LogP contribution >= 0.6 is 27.5 Å². The number of alkyl halides is 1. The summed E-state index contributed by atoms with van der Waals surface area (Å²) in [5.41, 5.74) is 1.44. The molecular formula is C41H50BrClN2O11. The second kappa shape index (κ2) is 23.5. The Balaban J connectivity index is 2.06. The van der Waals surface area contributed by atoms with Crippen LogP contribution in [0.15, 0.2) is 73.3 Å². The van der Waals surface area contributed by atoms with Crippen LogP contribution in [-0.2, 0) is 54.1 Å². The molecule has 304 valence electrons. The number of cyclic esters (lactones) is 2. The van der Waals surface area contributed by atoms with E-state index in [1.165, 1.54) is 25.3 Å². The first kappa shape index (κ1) is 45.9. The number of carbonyl (C=O) groups is 6. The molecule has 15 heteroatoms. The Morgan fingerprint density at radius 3 is 2.43 bits per heavy atom. The van der Waals surface area contributed by atoms with Crippen LogP contribution in [0.4, 0.5) is 0 Å². The van der Waals surface area contributed by atoms with Gasteiger partial charge in [-0.1, -0.05) is 103 Å². The second-order valence-electron chi connectivity index (χ2n) is 13.7. The fourth-order valence-corrected chi connectivity index (χ4v) is 7.17. The molecule has 0 aliphatic carbocycles. The zero-order valence-corrected chi connectivity index (χ0v) is 34.3. The zero-order valence-electron chi connectivity index (χ0n) is 32.0. The molecule has 0 saturated carbocycles. The molecular weight excluding hydrogens is 812 g/mol. The number of nitrogens with one attached hydrogen (secondary N) is 2. The minimum absolute atomic E-state index is 0.000844. The van der Waals surface area contributed by atoms with Gasteiger partial charge in [0, 0.05) is 25.3 Å². The number of amides is 2. The van der Waals surface area contributed by atoms with Gasteiger partial charge in [0.15, 0.2) is 6.10 Å². The number of benzene rings is 2. The van der Waals surface area contributed by atoms with Crippen molar-refractivity contribution in [1.82, 2.24) is 10.6 Å². The lowest BCUT2D eigenvalue weighted by Gasteiger charge is -2.34. The Morgan fingerprint density at radius 2 is 1.79 bits per heavy atom. The highest BCUT2D eigenvalue weighted by Crippen LogP contribution is 2.35. The molecule has 2 amide bonds. The summed E-state index contributed by atoms with van der Waals surface area (Å²) in [7, 11) is 1.47. The third-order valence-electron chi connectivity index (χ3n) is 8.90. The molecule has 0 radical (unpaired) electrons.